The maximum atomic E-state index is 14.2. The highest BCUT2D eigenvalue weighted by Gasteiger charge is 2.45. The second-order valence-electron chi connectivity index (χ2n) is 20.5. The number of ether oxygens (including phenoxy) is 1. The van der Waals surface area contributed by atoms with Gasteiger partial charge in [-0.3, -0.25) is 14.5 Å². The van der Waals surface area contributed by atoms with Gasteiger partial charge < -0.3 is 55.4 Å². The Morgan fingerprint density at radius 3 is 2.23 bits per heavy atom. The van der Waals surface area contributed by atoms with Gasteiger partial charge in [0.1, 0.15) is 17.8 Å². The Balaban J connectivity index is 0.768. The van der Waals surface area contributed by atoms with E-state index in [9.17, 15) is 24.6 Å². The number of rotatable bonds is 13. The van der Waals surface area contributed by atoms with Gasteiger partial charge in [-0.15, -0.1) is 16.6 Å². The molecule has 5 aliphatic heterocycles. The summed E-state index contributed by atoms with van der Waals surface area (Å²) in [7, 11) is 0. The molecular weight excluding hydrogens is 875 g/mol. The van der Waals surface area contributed by atoms with Crippen molar-refractivity contribution in [2.75, 3.05) is 102 Å². The van der Waals surface area contributed by atoms with Gasteiger partial charge in [-0.05, 0) is 100 Å². The number of carbonyl (C=O) groups excluding carboxylic acids is 3. The number of hydrogen-bond donors (Lipinski definition) is 5. The molecule has 6 heterocycles. The highest BCUT2D eigenvalue weighted by Crippen LogP contribution is 2.34. The maximum Gasteiger partial charge on any atom is 0.318 e. The first-order chi connectivity index (χ1) is 33.3. The van der Waals surface area contributed by atoms with Crippen LogP contribution >= 0.6 is 0 Å². The van der Waals surface area contributed by atoms with Gasteiger partial charge in [0.2, 0.25) is 11.8 Å². The van der Waals surface area contributed by atoms with Crippen molar-refractivity contribution in [1.29, 1.82) is 0 Å². The zero-order chi connectivity index (χ0) is 48.7. The maximum absolute atomic E-state index is 14.2. The van der Waals surface area contributed by atoms with Gasteiger partial charge in [-0.2, -0.15) is 0 Å². The van der Waals surface area contributed by atoms with Crippen molar-refractivity contribution in [1.82, 2.24) is 45.3 Å². The number of morpholine rings is 1. The average Bonchev–Trinajstić information content (AvgIpc) is 3.77. The minimum absolute atomic E-state index is 0.0127. The molecule has 17 nitrogen and oxygen atoms in total. The first kappa shape index (κ1) is 49.9. The Morgan fingerprint density at radius 2 is 1.57 bits per heavy atom. The van der Waals surface area contributed by atoms with Crippen LogP contribution in [0.3, 0.4) is 0 Å². The van der Waals surface area contributed by atoms with Gasteiger partial charge in [0, 0.05) is 95.1 Å². The molecule has 0 bridgehead atoms. The summed E-state index contributed by atoms with van der Waals surface area (Å²) >= 11 is 0. The molecule has 2 aromatic carbocycles. The van der Waals surface area contributed by atoms with Crippen molar-refractivity contribution in [3.05, 3.63) is 65.7 Å². The lowest BCUT2D eigenvalue weighted by Gasteiger charge is -2.46. The molecule has 8 rings (SSSR count). The Bertz CT molecular complexity index is 2260. The van der Waals surface area contributed by atoms with Gasteiger partial charge in [0.05, 0.1) is 30.2 Å². The second kappa shape index (κ2) is 22.5. The number of piperazine rings is 1. The highest BCUT2D eigenvalue weighted by molar-refractivity contribution is 5.93. The minimum atomic E-state index is -0.920. The number of amides is 4. The molecule has 0 aliphatic carbocycles. The van der Waals surface area contributed by atoms with Crippen LogP contribution in [0.15, 0.2) is 54.6 Å². The summed E-state index contributed by atoms with van der Waals surface area (Å²) < 4.78 is 6.21. The fraction of sp³-hybridized carbons (Fsp3) is 0.596. The summed E-state index contributed by atoms with van der Waals surface area (Å²) in [6.07, 6.45) is 9.16. The van der Waals surface area contributed by atoms with Crippen molar-refractivity contribution in [2.24, 2.45) is 5.41 Å². The number of para-hydroxylation sites is 1. The predicted octanol–water partition coefficient (Wildman–Crippen LogP) is 3.42. The second-order valence-corrected chi connectivity index (χ2v) is 20.5. The molecule has 4 atom stereocenters. The Kier molecular flexibility index (Phi) is 16.3. The summed E-state index contributed by atoms with van der Waals surface area (Å²) in [6.45, 7) is 18.8. The first-order valence-electron chi connectivity index (χ1n) is 25.1. The van der Waals surface area contributed by atoms with Crippen molar-refractivity contribution in [2.45, 2.75) is 103 Å². The van der Waals surface area contributed by atoms with Crippen LogP contribution in [0, 0.1) is 17.8 Å². The lowest BCUT2D eigenvalue weighted by Crippen LogP contribution is -2.61. The summed E-state index contributed by atoms with van der Waals surface area (Å²) in [6, 6.07) is 15.7. The van der Waals surface area contributed by atoms with E-state index in [0.717, 1.165) is 101 Å². The molecule has 1 unspecified atom stereocenters. The standard InChI is InChI=1S/C52H73N11O6/c1-6-36-12-14-37(15-13-36)32-54-49(66)45-30-40(64)33-63(45)50(67)47(52(3,4)5)55-51(68)62-28-29-69-41(35-62)34-58-20-16-38(17-21-58)59-22-18-39(19-23-59)60-24-26-61(27-25-60)44-31-43(56-57-48(44)53-7-2)42-10-8-9-11-46(42)65/h1,8-15,31,38-41,45,47,64-65H,7,16-30,32-35H2,2-5H3,(H,53,57)(H,54,66)(H,55,68)/t40-,41?,45+,47-/m1/s1. The number of hydrogen-bond acceptors (Lipinski definition) is 13. The number of piperidine rings is 2. The van der Waals surface area contributed by atoms with Crippen LogP contribution in [-0.4, -0.2) is 191 Å². The number of urea groups is 1. The van der Waals surface area contributed by atoms with Crippen molar-refractivity contribution < 1.29 is 29.3 Å². The molecule has 5 N–H and O–H groups in total. The smallest absolute Gasteiger partial charge is 0.318 e. The molecule has 17 heteroatoms. The third-order valence-electron chi connectivity index (χ3n) is 14.8. The topological polar surface area (TPSA) is 182 Å². The zero-order valence-electron chi connectivity index (χ0n) is 41.0. The molecule has 3 aromatic rings. The molecule has 69 heavy (non-hydrogen) atoms. The number of benzene rings is 2. The molecule has 5 aliphatic rings. The van der Waals surface area contributed by atoms with Crippen LogP contribution in [-0.2, 0) is 20.9 Å². The lowest BCUT2D eigenvalue weighted by molar-refractivity contribution is -0.142. The number of phenols is 1. The van der Waals surface area contributed by atoms with E-state index in [0.29, 0.717) is 43.0 Å². The number of nitrogens with one attached hydrogen (secondary N) is 3. The van der Waals surface area contributed by atoms with Crippen molar-refractivity contribution >= 4 is 29.4 Å². The molecule has 1 aromatic heterocycles. The van der Waals surface area contributed by atoms with E-state index in [1.54, 1.807) is 11.0 Å². The van der Waals surface area contributed by atoms with E-state index in [4.69, 9.17) is 11.2 Å². The summed E-state index contributed by atoms with van der Waals surface area (Å²) in [5.41, 5.74) is 3.32. The van der Waals surface area contributed by atoms with Gasteiger partial charge in [-0.25, -0.2) is 4.79 Å². The third kappa shape index (κ3) is 12.3. The Morgan fingerprint density at radius 1 is 0.884 bits per heavy atom. The van der Waals surface area contributed by atoms with E-state index in [1.807, 2.05) is 63.2 Å². The third-order valence-corrected chi connectivity index (χ3v) is 14.8. The summed E-state index contributed by atoms with van der Waals surface area (Å²) in [4.78, 5) is 55.0. The zero-order valence-corrected chi connectivity index (χ0v) is 41.0. The van der Waals surface area contributed by atoms with Crippen molar-refractivity contribution in [3.63, 3.8) is 0 Å². The number of aromatic nitrogens is 2. The number of aromatic hydroxyl groups is 1. The highest BCUT2D eigenvalue weighted by atomic mass is 16.5. The van der Waals surface area contributed by atoms with Crippen LogP contribution in [0.1, 0.15) is 70.9 Å². The van der Waals surface area contributed by atoms with E-state index in [2.05, 4.69) is 64.7 Å². The number of aliphatic hydroxyl groups is 1. The largest absolute Gasteiger partial charge is 0.507 e. The fourth-order valence-corrected chi connectivity index (χ4v) is 10.8. The van der Waals surface area contributed by atoms with Gasteiger partial charge in [0.25, 0.3) is 0 Å². The van der Waals surface area contributed by atoms with Crippen molar-refractivity contribution in [3.8, 4) is 29.4 Å². The summed E-state index contributed by atoms with van der Waals surface area (Å²) in [5, 5.41) is 39.4. The molecule has 5 saturated heterocycles. The number of terminal acetylenes is 1. The predicted molar refractivity (Wildman–Crippen MR) is 267 cm³/mol. The molecule has 372 valence electrons. The van der Waals surface area contributed by atoms with E-state index >= 15 is 0 Å². The van der Waals surface area contributed by atoms with Crippen LogP contribution in [0.5, 0.6) is 5.75 Å². The van der Waals surface area contributed by atoms with E-state index in [-0.39, 0.29) is 49.2 Å². The number of likely N-dealkylation sites (tertiary alicyclic amines) is 3. The van der Waals surface area contributed by atoms with Crippen LogP contribution < -0.4 is 20.9 Å². The molecule has 0 spiro atoms. The van der Waals surface area contributed by atoms with Crippen LogP contribution in [0.2, 0.25) is 0 Å². The van der Waals surface area contributed by atoms with Crippen LogP contribution in [0.4, 0.5) is 16.3 Å². The number of aliphatic hydroxyl groups excluding tert-OH is 1. The van der Waals surface area contributed by atoms with E-state index < -0.39 is 23.6 Å². The number of β-amino-alcohol motifs (C(OH)–C–C–N with tert-alkyl or cyclic N) is 1. The van der Waals surface area contributed by atoms with Gasteiger partial charge in [0.15, 0.2) is 5.82 Å². The molecule has 0 radical (unpaired) electrons. The minimum Gasteiger partial charge on any atom is -0.507 e. The number of carbonyl (C=O) groups is 3. The Hall–Kier alpha value is -5.51. The average molecular weight is 948 g/mol. The number of nitrogens with zero attached hydrogens (tertiary/aromatic N) is 8. The monoisotopic (exact) mass is 948 g/mol. The number of anilines is 2. The van der Waals surface area contributed by atoms with Gasteiger partial charge >= 0.3 is 6.03 Å². The summed E-state index contributed by atoms with van der Waals surface area (Å²) in [5.74, 6) is 2.82. The first-order valence-corrected chi connectivity index (χ1v) is 25.1. The fourth-order valence-electron chi connectivity index (χ4n) is 10.8. The number of phenolic OH excluding ortho intramolecular Hbond substituents is 1. The van der Waals surface area contributed by atoms with Crippen LogP contribution in [0.25, 0.3) is 11.3 Å². The SMILES string of the molecule is C#Cc1ccc(CNC(=O)[C@@H]2C[C@@H](O)CN2C(=O)[C@@H](NC(=O)N2CCOC(CN3CCC(N4CCC(N5CCN(c6cc(-c7ccccc7O)nnc6NCC)CC5)CC4)CC3)C2)C(C)(C)C)cc1. The quantitative estimate of drug-likeness (QED) is 0.158. The molecule has 4 amide bonds. The molecular formula is C52H73N11O6. The molecule has 0 saturated carbocycles. The molecule has 5 fully saturated rings. The normalized spacial score (nSPS) is 23.1. The lowest BCUT2D eigenvalue weighted by atomic mass is 9.85. The Labute approximate surface area is 407 Å². The van der Waals surface area contributed by atoms with Gasteiger partial charge in [-0.1, -0.05) is 51.0 Å². The van der Waals surface area contributed by atoms with E-state index in [1.165, 1.54) is 17.7 Å².